The molecule has 0 amide bonds. The molecule has 0 aliphatic carbocycles. The van der Waals surface area contributed by atoms with Gasteiger partial charge in [0.1, 0.15) is 5.25 Å². The zero-order chi connectivity index (χ0) is 21.4. The number of rotatable bonds is 5. The van der Waals surface area contributed by atoms with Gasteiger partial charge in [-0.25, -0.2) is 8.42 Å². The molecule has 0 radical (unpaired) electrons. The number of para-hydroxylation sites is 1. The fourth-order valence-corrected chi connectivity index (χ4v) is 4.92. The first-order chi connectivity index (χ1) is 13.5. The molecule has 6 nitrogen and oxygen atoms in total. The first-order valence-corrected chi connectivity index (χ1v) is 11.4. The van der Waals surface area contributed by atoms with Crippen LogP contribution in [0.15, 0.2) is 42.5 Å². The van der Waals surface area contributed by atoms with Crippen LogP contribution in [-0.4, -0.2) is 28.6 Å². The van der Waals surface area contributed by atoms with E-state index in [1.807, 2.05) is 44.2 Å². The van der Waals surface area contributed by atoms with Gasteiger partial charge in [0, 0.05) is 0 Å². The number of benzene rings is 2. The fourth-order valence-electron chi connectivity index (χ4n) is 3.34. The van der Waals surface area contributed by atoms with Crippen LogP contribution in [0.25, 0.3) is 5.69 Å². The SMILES string of the molecule is Cc1cc(C(C)(C)C)cc(C)c1CS(=O)(=O)[C@H](C)c1nnnn1-c1ccccc1. The summed E-state index contributed by atoms with van der Waals surface area (Å²) in [6.07, 6.45) is 0. The summed E-state index contributed by atoms with van der Waals surface area (Å²) in [5.74, 6) is 0.274. The molecule has 7 heteroatoms. The van der Waals surface area contributed by atoms with E-state index in [2.05, 4.69) is 48.4 Å². The normalized spacial score (nSPS) is 13.4. The molecule has 3 rings (SSSR count). The van der Waals surface area contributed by atoms with Crippen LogP contribution in [0.4, 0.5) is 0 Å². The van der Waals surface area contributed by atoms with E-state index in [0.717, 1.165) is 22.4 Å². The Morgan fingerprint density at radius 1 is 1.03 bits per heavy atom. The Kier molecular flexibility index (Phi) is 5.63. The van der Waals surface area contributed by atoms with Crippen molar-refractivity contribution in [2.24, 2.45) is 0 Å². The van der Waals surface area contributed by atoms with Crippen molar-refractivity contribution in [2.45, 2.75) is 58.0 Å². The van der Waals surface area contributed by atoms with E-state index >= 15 is 0 Å². The van der Waals surface area contributed by atoms with E-state index in [1.165, 1.54) is 10.2 Å². The van der Waals surface area contributed by atoms with Crippen LogP contribution >= 0.6 is 0 Å². The smallest absolute Gasteiger partial charge is 0.174 e. The van der Waals surface area contributed by atoms with Crippen LogP contribution in [0.2, 0.25) is 0 Å². The van der Waals surface area contributed by atoms with E-state index in [1.54, 1.807) is 6.92 Å². The number of hydrogen-bond acceptors (Lipinski definition) is 5. The lowest BCUT2D eigenvalue weighted by molar-refractivity contribution is 0.579. The molecular formula is C22H28N4O2S. The zero-order valence-corrected chi connectivity index (χ0v) is 18.7. The Morgan fingerprint density at radius 2 is 1.62 bits per heavy atom. The number of aromatic nitrogens is 4. The first kappa shape index (κ1) is 21.2. The lowest BCUT2D eigenvalue weighted by Gasteiger charge is -2.23. The van der Waals surface area contributed by atoms with Crippen LogP contribution in [0.5, 0.6) is 0 Å². The third-order valence-electron chi connectivity index (χ3n) is 5.30. The monoisotopic (exact) mass is 412 g/mol. The summed E-state index contributed by atoms with van der Waals surface area (Å²) in [4.78, 5) is 0. The summed E-state index contributed by atoms with van der Waals surface area (Å²) in [5.41, 5.74) is 4.79. The lowest BCUT2D eigenvalue weighted by Crippen LogP contribution is -2.19. The lowest BCUT2D eigenvalue weighted by atomic mass is 9.84. The molecule has 0 saturated heterocycles. The second kappa shape index (κ2) is 7.71. The largest absolute Gasteiger partial charge is 0.228 e. The molecule has 154 valence electrons. The maximum absolute atomic E-state index is 13.3. The minimum absolute atomic E-state index is 0.0119. The molecular weight excluding hydrogens is 384 g/mol. The highest BCUT2D eigenvalue weighted by Crippen LogP contribution is 2.31. The highest BCUT2D eigenvalue weighted by atomic mass is 32.2. The molecule has 0 bridgehead atoms. The summed E-state index contributed by atoms with van der Waals surface area (Å²) in [5, 5.41) is 10.9. The van der Waals surface area contributed by atoms with Crippen molar-refractivity contribution in [3.05, 3.63) is 70.5 Å². The summed E-state index contributed by atoms with van der Waals surface area (Å²) < 4.78 is 28.0. The molecule has 1 aromatic heterocycles. The van der Waals surface area contributed by atoms with Gasteiger partial charge in [0.05, 0.1) is 11.4 Å². The average Bonchev–Trinajstić information content (AvgIpc) is 3.13. The van der Waals surface area contributed by atoms with E-state index in [9.17, 15) is 8.42 Å². The van der Waals surface area contributed by atoms with Crippen LogP contribution in [0, 0.1) is 13.8 Å². The minimum Gasteiger partial charge on any atom is -0.228 e. The van der Waals surface area contributed by atoms with Crippen molar-refractivity contribution in [1.82, 2.24) is 20.2 Å². The van der Waals surface area contributed by atoms with Gasteiger partial charge in [-0.1, -0.05) is 51.1 Å². The van der Waals surface area contributed by atoms with Gasteiger partial charge in [-0.05, 0) is 71.0 Å². The Balaban J connectivity index is 1.95. The molecule has 1 atom stereocenters. The second-order valence-corrected chi connectivity index (χ2v) is 10.9. The van der Waals surface area contributed by atoms with Gasteiger partial charge in [0.15, 0.2) is 15.7 Å². The molecule has 0 aliphatic rings. The molecule has 0 spiro atoms. The topological polar surface area (TPSA) is 77.7 Å². The first-order valence-electron chi connectivity index (χ1n) is 9.66. The van der Waals surface area contributed by atoms with Gasteiger partial charge >= 0.3 is 0 Å². The summed E-state index contributed by atoms with van der Waals surface area (Å²) in [7, 11) is -3.52. The predicted molar refractivity (Wildman–Crippen MR) is 115 cm³/mol. The van der Waals surface area contributed by atoms with E-state index in [4.69, 9.17) is 0 Å². The Bertz CT molecular complexity index is 1090. The van der Waals surface area contributed by atoms with Crippen molar-refractivity contribution in [3.8, 4) is 5.69 Å². The van der Waals surface area contributed by atoms with Crippen LogP contribution in [-0.2, 0) is 21.0 Å². The fraction of sp³-hybridized carbons (Fsp3) is 0.409. The van der Waals surface area contributed by atoms with Crippen molar-refractivity contribution < 1.29 is 8.42 Å². The molecule has 3 aromatic rings. The number of nitrogens with zero attached hydrogens (tertiary/aromatic N) is 4. The zero-order valence-electron chi connectivity index (χ0n) is 17.8. The summed E-state index contributed by atoms with van der Waals surface area (Å²) in [6, 6.07) is 13.5. The van der Waals surface area contributed by atoms with Crippen LogP contribution in [0.3, 0.4) is 0 Å². The molecule has 0 aliphatic heterocycles. The van der Waals surface area contributed by atoms with Crippen molar-refractivity contribution >= 4 is 9.84 Å². The van der Waals surface area contributed by atoms with Gasteiger partial charge in [-0.2, -0.15) is 4.68 Å². The number of tetrazole rings is 1. The highest BCUT2D eigenvalue weighted by molar-refractivity contribution is 7.90. The number of sulfone groups is 1. The molecule has 0 unspecified atom stereocenters. The van der Waals surface area contributed by atoms with Gasteiger partial charge in [-0.3, -0.25) is 0 Å². The standard InChI is InChI=1S/C22H28N4O2S/c1-15-12-18(22(4,5)6)13-16(2)20(15)14-29(27,28)17(3)21-23-24-25-26(21)19-10-8-7-9-11-19/h7-13,17H,14H2,1-6H3/t17-/m1/s1. The summed E-state index contributed by atoms with van der Waals surface area (Å²) in [6.45, 7) is 12.1. The molecule has 0 saturated carbocycles. The Morgan fingerprint density at radius 3 is 2.17 bits per heavy atom. The minimum atomic E-state index is -3.52. The molecule has 0 N–H and O–H groups in total. The van der Waals surface area contributed by atoms with Crippen molar-refractivity contribution in [1.29, 1.82) is 0 Å². The van der Waals surface area contributed by atoms with Gasteiger partial charge in [0.2, 0.25) is 0 Å². The predicted octanol–water partition coefficient (Wildman–Crippen LogP) is 4.25. The second-order valence-electron chi connectivity index (χ2n) is 8.57. The van der Waals surface area contributed by atoms with Gasteiger partial charge in [-0.15, -0.1) is 5.10 Å². The van der Waals surface area contributed by atoms with E-state index in [-0.39, 0.29) is 11.2 Å². The molecule has 2 aromatic carbocycles. The van der Waals surface area contributed by atoms with Crippen LogP contribution < -0.4 is 0 Å². The van der Waals surface area contributed by atoms with E-state index in [0.29, 0.717) is 5.82 Å². The van der Waals surface area contributed by atoms with Crippen molar-refractivity contribution in [3.63, 3.8) is 0 Å². The highest BCUT2D eigenvalue weighted by Gasteiger charge is 2.30. The third kappa shape index (κ3) is 4.40. The Labute approximate surface area is 172 Å². The number of hydrogen-bond donors (Lipinski definition) is 0. The van der Waals surface area contributed by atoms with Gasteiger partial charge < -0.3 is 0 Å². The Hall–Kier alpha value is -2.54. The molecule has 29 heavy (non-hydrogen) atoms. The third-order valence-corrected chi connectivity index (χ3v) is 7.28. The average molecular weight is 413 g/mol. The van der Waals surface area contributed by atoms with Crippen LogP contribution in [0.1, 0.15) is 61.0 Å². The molecule has 0 fully saturated rings. The van der Waals surface area contributed by atoms with Crippen molar-refractivity contribution in [2.75, 3.05) is 0 Å². The maximum atomic E-state index is 13.3. The quantitative estimate of drug-likeness (QED) is 0.626. The maximum Gasteiger partial charge on any atom is 0.174 e. The number of aryl methyl sites for hydroxylation is 2. The summed E-state index contributed by atoms with van der Waals surface area (Å²) >= 11 is 0. The molecule has 1 heterocycles. The van der Waals surface area contributed by atoms with E-state index < -0.39 is 15.1 Å². The van der Waals surface area contributed by atoms with Gasteiger partial charge in [0.25, 0.3) is 0 Å².